The second-order valence-corrected chi connectivity index (χ2v) is 6.94. The van der Waals surface area contributed by atoms with Gasteiger partial charge in [-0.25, -0.2) is 4.39 Å². The Morgan fingerprint density at radius 2 is 1.88 bits per heavy atom. The fourth-order valence-electron chi connectivity index (χ4n) is 2.89. The Morgan fingerprint density at radius 3 is 2.61 bits per heavy atom. The van der Waals surface area contributed by atoms with Gasteiger partial charge >= 0.3 is 6.18 Å². The smallest absolute Gasteiger partial charge is 0.422 e. The maximum atomic E-state index is 14.4. The summed E-state index contributed by atoms with van der Waals surface area (Å²) in [5, 5.41) is 10.1. The van der Waals surface area contributed by atoms with Gasteiger partial charge in [0.1, 0.15) is 11.6 Å². The standard InChI is InChI=1S/C22H15F4N3O4/c1-12-4-7-17(32-11-22(24,25)26)14(9-12)19(30)27-16-10-13(5-6-15(16)23)20-28-29-21(33-20)18-3-2-8-31-18/h2-10H,11H2,1H3,(H,27,30). The van der Waals surface area contributed by atoms with Gasteiger partial charge < -0.3 is 18.9 Å². The molecule has 1 amide bonds. The van der Waals surface area contributed by atoms with Crippen LogP contribution >= 0.6 is 0 Å². The molecule has 0 radical (unpaired) electrons. The van der Waals surface area contributed by atoms with Gasteiger partial charge in [-0.15, -0.1) is 10.2 Å². The molecule has 1 N–H and O–H groups in total. The summed E-state index contributed by atoms with van der Waals surface area (Å²) in [6.07, 6.45) is -3.15. The first-order valence-electron chi connectivity index (χ1n) is 9.48. The maximum absolute atomic E-state index is 14.4. The minimum absolute atomic E-state index is 0.0432. The monoisotopic (exact) mass is 461 g/mol. The fraction of sp³-hybridized carbons (Fsp3) is 0.136. The number of carbonyl (C=O) groups is 1. The van der Waals surface area contributed by atoms with E-state index in [1.54, 1.807) is 19.1 Å². The third-order valence-electron chi connectivity index (χ3n) is 4.39. The largest absolute Gasteiger partial charge is 0.483 e. The molecule has 7 nitrogen and oxygen atoms in total. The zero-order valence-electron chi connectivity index (χ0n) is 16.9. The van der Waals surface area contributed by atoms with Crippen molar-refractivity contribution in [2.45, 2.75) is 13.1 Å². The number of aromatic nitrogens is 2. The number of alkyl halides is 3. The molecular weight excluding hydrogens is 446 g/mol. The number of ether oxygens (including phenoxy) is 1. The molecule has 0 fully saturated rings. The third kappa shape index (κ3) is 5.20. The van der Waals surface area contributed by atoms with Gasteiger partial charge in [-0.2, -0.15) is 13.2 Å². The van der Waals surface area contributed by atoms with E-state index in [0.29, 0.717) is 16.9 Å². The molecular formula is C22H15F4N3O4. The highest BCUT2D eigenvalue weighted by atomic mass is 19.4. The summed E-state index contributed by atoms with van der Waals surface area (Å²) in [6, 6.07) is 11.1. The van der Waals surface area contributed by atoms with Crippen LogP contribution in [0.2, 0.25) is 0 Å². The minimum Gasteiger partial charge on any atom is -0.483 e. The van der Waals surface area contributed by atoms with E-state index >= 15 is 0 Å². The van der Waals surface area contributed by atoms with Crippen molar-refractivity contribution in [3.8, 4) is 28.9 Å². The number of benzene rings is 2. The molecule has 11 heteroatoms. The maximum Gasteiger partial charge on any atom is 0.422 e. The molecule has 0 atom stereocenters. The van der Waals surface area contributed by atoms with Crippen molar-refractivity contribution < 1.29 is 35.9 Å². The number of furan rings is 1. The van der Waals surface area contributed by atoms with E-state index in [1.807, 2.05) is 0 Å². The number of hydrogen-bond acceptors (Lipinski definition) is 6. The number of halogens is 4. The lowest BCUT2D eigenvalue weighted by Gasteiger charge is -2.14. The second-order valence-electron chi connectivity index (χ2n) is 6.94. The van der Waals surface area contributed by atoms with Crippen molar-refractivity contribution in [3.63, 3.8) is 0 Å². The SMILES string of the molecule is Cc1ccc(OCC(F)(F)F)c(C(=O)Nc2cc(-c3nnc(-c4ccco4)o3)ccc2F)c1. The van der Waals surface area contributed by atoms with Gasteiger partial charge in [-0.05, 0) is 49.4 Å². The van der Waals surface area contributed by atoms with Crippen molar-refractivity contribution in [1.29, 1.82) is 0 Å². The predicted octanol–water partition coefficient (Wildman–Crippen LogP) is 5.64. The first kappa shape index (κ1) is 22.1. The predicted molar refractivity (Wildman–Crippen MR) is 108 cm³/mol. The fourth-order valence-corrected chi connectivity index (χ4v) is 2.89. The number of nitrogens with one attached hydrogen (secondary N) is 1. The number of aryl methyl sites for hydroxylation is 1. The van der Waals surface area contributed by atoms with E-state index in [1.165, 1.54) is 36.6 Å². The molecule has 0 saturated carbocycles. The highest BCUT2D eigenvalue weighted by Crippen LogP contribution is 2.29. The molecule has 0 aliphatic carbocycles. The lowest BCUT2D eigenvalue weighted by molar-refractivity contribution is -0.153. The summed E-state index contributed by atoms with van der Waals surface area (Å²) in [5.41, 5.74) is 0.486. The zero-order valence-corrected chi connectivity index (χ0v) is 16.9. The van der Waals surface area contributed by atoms with Gasteiger partial charge in [0.25, 0.3) is 11.8 Å². The lowest BCUT2D eigenvalue weighted by Crippen LogP contribution is -2.21. The van der Waals surface area contributed by atoms with Crippen LogP contribution in [-0.2, 0) is 0 Å². The summed E-state index contributed by atoms with van der Waals surface area (Å²) in [5.74, 6) is -1.42. The van der Waals surface area contributed by atoms with Crippen LogP contribution in [0.15, 0.2) is 63.6 Å². The van der Waals surface area contributed by atoms with Crippen molar-refractivity contribution in [3.05, 3.63) is 71.7 Å². The van der Waals surface area contributed by atoms with E-state index in [9.17, 15) is 22.4 Å². The first-order chi connectivity index (χ1) is 15.7. The van der Waals surface area contributed by atoms with Gasteiger partial charge in [-0.3, -0.25) is 4.79 Å². The molecule has 2 aromatic heterocycles. The summed E-state index contributed by atoms with van der Waals surface area (Å²) in [4.78, 5) is 12.8. The molecule has 2 aromatic carbocycles. The topological polar surface area (TPSA) is 90.4 Å². The Kier molecular flexibility index (Phi) is 5.86. The number of anilines is 1. The Labute approximate surface area is 184 Å². The van der Waals surface area contributed by atoms with E-state index in [4.69, 9.17) is 13.6 Å². The Balaban J connectivity index is 1.59. The normalized spacial score (nSPS) is 11.4. The van der Waals surface area contributed by atoms with Crippen LogP contribution in [0, 0.1) is 12.7 Å². The van der Waals surface area contributed by atoms with Crippen LogP contribution in [0.25, 0.3) is 23.1 Å². The molecule has 4 aromatic rings. The van der Waals surface area contributed by atoms with Crippen molar-refractivity contribution in [2.75, 3.05) is 11.9 Å². The van der Waals surface area contributed by atoms with Gasteiger partial charge in [-0.1, -0.05) is 11.6 Å². The molecule has 0 aliphatic heterocycles. The molecule has 0 aliphatic rings. The molecule has 0 unspecified atom stereocenters. The minimum atomic E-state index is -4.59. The van der Waals surface area contributed by atoms with Crippen molar-refractivity contribution in [2.24, 2.45) is 0 Å². The number of rotatable bonds is 6. The van der Waals surface area contributed by atoms with E-state index in [-0.39, 0.29) is 28.8 Å². The van der Waals surface area contributed by atoms with Crippen LogP contribution in [0.4, 0.5) is 23.2 Å². The van der Waals surface area contributed by atoms with E-state index < -0.39 is 24.5 Å². The Bertz CT molecular complexity index is 1280. The molecule has 2 heterocycles. The zero-order chi connectivity index (χ0) is 23.6. The molecule has 170 valence electrons. The summed E-state index contributed by atoms with van der Waals surface area (Å²) in [7, 11) is 0. The van der Waals surface area contributed by atoms with Crippen molar-refractivity contribution in [1.82, 2.24) is 10.2 Å². The second kappa shape index (κ2) is 8.77. The summed E-state index contributed by atoms with van der Waals surface area (Å²) in [6.45, 7) is 0.0764. The van der Waals surface area contributed by atoms with Gasteiger partial charge in [0.15, 0.2) is 12.4 Å². The van der Waals surface area contributed by atoms with Gasteiger partial charge in [0.2, 0.25) is 5.89 Å². The lowest BCUT2D eigenvalue weighted by atomic mass is 10.1. The van der Waals surface area contributed by atoms with Gasteiger partial charge in [0.05, 0.1) is 17.5 Å². The average Bonchev–Trinajstić information content (AvgIpc) is 3.45. The number of nitrogens with zero attached hydrogens (tertiary/aromatic N) is 2. The Hall–Kier alpha value is -4.15. The number of hydrogen-bond donors (Lipinski definition) is 1. The summed E-state index contributed by atoms with van der Waals surface area (Å²) < 4.78 is 67.5. The molecule has 33 heavy (non-hydrogen) atoms. The molecule has 0 saturated heterocycles. The molecule has 0 spiro atoms. The summed E-state index contributed by atoms with van der Waals surface area (Å²) >= 11 is 0. The first-order valence-corrected chi connectivity index (χ1v) is 9.48. The van der Waals surface area contributed by atoms with E-state index in [0.717, 1.165) is 6.07 Å². The molecule has 0 bridgehead atoms. The van der Waals surface area contributed by atoms with Crippen LogP contribution in [0.3, 0.4) is 0 Å². The highest BCUT2D eigenvalue weighted by molar-refractivity contribution is 6.06. The van der Waals surface area contributed by atoms with Gasteiger partial charge in [0, 0.05) is 5.56 Å². The number of carbonyl (C=O) groups excluding carboxylic acids is 1. The third-order valence-corrected chi connectivity index (χ3v) is 4.39. The quantitative estimate of drug-likeness (QED) is 0.374. The van der Waals surface area contributed by atoms with Crippen LogP contribution in [-0.4, -0.2) is 28.9 Å². The highest BCUT2D eigenvalue weighted by Gasteiger charge is 2.29. The van der Waals surface area contributed by atoms with Crippen LogP contribution in [0.5, 0.6) is 5.75 Å². The van der Waals surface area contributed by atoms with Crippen molar-refractivity contribution >= 4 is 11.6 Å². The Morgan fingerprint density at radius 1 is 1.09 bits per heavy atom. The van der Waals surface area contributed by atoms with E-state index in [2.05, 4.69) is 15.5 Å². The average molecular weight is 461 g/mol. The number of amides is 1. The van der Waals surface area contributed by atoms with Crippen LogP contribution < -0.4 is 10.1 Å². The van der Waals surface area contributed by atoms with Crippen LogP contribution in [0.1, 0.15) is 15.9 Å². The molecule has 4 rings (SSSR count).